The summed E-state index contributed by atoms with van der Waals surface area (Å²) in [5.41, 5.74) is 2.10. The van der Waals surface area contributed by atoms with Crippen LogP contribution >= 0.6 is 69.6 Å². The van der Waals surface area contributed by atoms with E-state index in [-0.39, 0.29) is 17.5 Å². The van der Waals surface area contributed by atoms with Crippen molar-refractivity contribution in [3.8, 4) is 34.3 Å². The minimum absolute atomic E-state index is 0.171. The normalized spacial score (nSPS) is 12.2. The lowest BCUT2D eigenvalue weighted by Gasteiger charge is -2.15. The maximum absolute atomic E-state index is 5.94. The standard InChI is InChI=1S/C23H15Cl6N5O3/c1-35-15-9-8-14(11-16(15)36-2)19-34-33-17(37-19)10-5-12-3-6-13(7-4-12)18-30-20(22(24,25)26)32-21(31-18)23(27,28)29/h3-11H,1-2H3/b10-5+. The molecule has 0 fully saturated rings. The summed E-state index contributed by atoms with van der Waals surface area (Å²) >= 11 is 35.7. The lowest BCUT2D eigenvalue weighted by Crippen LogP contribution is -2.16. The van der Waals surface area contributed by atoms with Crippen molar-refractivity contribution in [3.05, 3.63) is 65.6 Å². The molecule has 2 aromatic heterocycles. The Bertz CT molecular complexity index is 1400. The number of ether oxygens (including phenoxy) is 2. The van der Waals surface area contributed by atoms with E-state index in [1.54, 1.807) is 56.7 Å². The van der Waals surface area contributed by atoms with Gasteiger partial charge in [0.25, 0.3) is 0 Å². The molecule has 0 N–H and O–H groups in total. The SMILES string of the molecule is COc1ccc(-c2nnc(/C=C/c3ccc(-c4nc(C(Cl)(Cl)Cl)nc(C(Cl)(Cl)Cl)n4)cc3)o2)cc1OC. The fraction of sp³-hybridized carbons (Fsp3) is 0.174. The maximum atomic E-state index is 5.94. The van der Waals surface area contributed by atoms with Gasteiger partial charge in [-0.1, -0.05) is 93.9 Å². The van der Waals surface area contributed by atoms with Crippen LogP contribution in [0.2, 0.25) is 0 Å². The molecule has 4 rings (SSSR count). The Kier molecular flexibility index (Phi) is 8.38. The minimum Gasteiger partial charge on any atom is -0.493 e. The van der Waals surface area contributed by atoms with Crippen molar-refractivity contribution in [1.82, 2.24) is 25.1 Å². The highest BCUT2D eigenvalue weighted by atomic mass is 35.6. The van der Waals surface area contributed by atoms with E-state index in [0.717, 1.165) is 5.56 Å². The van der Waals surface area contributed by atoms with E-state index >= 15 is 0 Å². The highest BCUT2D eigenvalue weighted by molar-refractivity contribution is 6.67. The van der Waals surface area contributed by atoms with Gasteiger partial charge in [-0.15, -0.1) is 10.2 Å². The highest BCUT2D eigenvalue weighted by Crippen LogP contribution is 2.40. The zero-order valence-electron chi connectivity index (χ0n) is 18.9. The quantitative estimate of drug-likeness (QED) is 0.205. The van der Waals surface area contributed by atoms with Crippen LogP contribution in [0.15, 0.2) is 46.9 Å². The van der Waals surface area contributed by atoms with E-state index in [0.29, 0.717) is 34.4 Å². The molecule has 0 saturated heterocycles. The molecule has 4 aromatic rings. The molecular weight excluding hydrogens is 607 g/mol. The summed E-state index contributed by atoms with van der Waals surface area (Å²) in [6.45, 7) is 0. The number of hydrogen-bond donors (Lipinski definition) is 0. The van der Waals surface area contributed by atoms with Gasteiger partial charge in [-0.3, -0.25) is 0 Å². The third-order valence-corrected chi connectivity index (χ3v) is 5.82. The molecule has 2 heterocycles. The topological polar surface area (TPSA) is 96.1 Å². The Morgan fingerprint density at radius 2 is 1.30 bits per heavy atom. The third-order valence-electron chi connectivity index (χ3n) is 4.80. The van der Waals surface area contributed by atoms with Gasteiger partial charge in [0.1, 0.15) is 0 Å². The van der Waals surface area contributed by atoms with Gasteiger partial charge >= 0.3 is 0 Å². The van der Waals surface area contributed by atoms with Crippen molar-refractivity contribution in [2.24, 2.45) is 0 Å². The Morgan fingerprint density at radius 3 is 1.86 bits per heavy atom. The van der Waals surface area contributed by atoms with Gasteiger partial charge < -0.3 is 13.9 Å². The molecule has 0 bridgehead atoms. The van der Waals surface area contributed by atoms with E-state index in [4.69, 9.17) is 83.5 Å². The zero-order valence-corrected chi connectivity index (χ0v) is 23.5. The second kappa shape index (κ2) is 11.2. The van der Waals surface area contributed by atoms with Crippen LogP contribution in [0.25, 0.3) is 35.0 Å². The van der Waals surface area contributed by atoms with Crippen LogP contribution in [0, 0.1) is 0 Å². The third kappa shape index (κ3) is 6.76. The van der Waals surface area contributed by atoms with Gasteiger partial charge in [0.2, 0.25) is 19.4 Å². The molecule has 37 heavy (non-hydrogen) atoms. The van der Waals surface area contributed by atoms with Crippen molar-refractivity contribution >= 4 is 81.8 Å². The summed E-state index contributed by atoms with van der Waals surface area (Å²) in [4.78, 5) is 12.4. The van der Waals surface area contributed by atoms with E-state index in [2.05, 4.69) is 25.1 Å². The number of benzene rings is 2. The average Bonchev–Trinajstić information content (AvgIpc) is 3.35. The number of aromatic nitrogens is 5. The molecule has 8 nitrogen and oxygen atoms in total. The Labute approximate surface area is 241 Å². The molecule has 0 aliphatic carbocycles. The number of hydrogen-bond acceptors (Lipinski definition) is 8. The lowest BCUT2D eigenvalue weighted by atomic mass is 10.1. The molecule has 0 spiro atoms. The van der Waals surface area contributed by atoms with Crippen molar-refractivity contribution < 1.29 is 13.9 Å². The summed E-state index contributed by atoms with van der Waals surface area (Å²) in [6.07, 6.45) is 3.47. The number of methoxy groups -OCH3 is 2. The first kappa shape index (κ1) is 27.7. The maximum Gasteiger partial charge on any atom is 0.250 e. The van der Waals surface area contributed by atoms with E-state index in [1.807, 2.05) is 12.1 Å². The van der Waals surface area contributed by atoms with Crippen molar-refractivity contribution in [2.75, 3.05) is 14.2 Å². The molecule has 14 heteroatoms. The molecule has 0 amide bonds. The Balaban J connectivity index is 1.55. The minimum atomic E-state index is -1.94. The predicted octanol–water partition coefficient (Wildman–Crippen LogP) is 7.43. The molecule has 0 radical (unpaired) electrons. The first-order chi connectivity index (χ1) is 17.5. The van der Waals surface area contributed by atoms with Crippen LogP contribution in [-0.2, 0) is 7.59 Å². The lowest BCUT2D eigenvalue weighted by molar-refractivity contribution is 0.355. The molecule has 0 saturated carbocycles. The Hall–Kier alpha value is -2.33. The first-order valence-corrected chi connectivity index (χ1v) is 12.5. The molecule has 0 aliphatic rings. The van der Waals surface area contributed by atoms with Crippen LogP contribution in [0.3, 0.4) is 0 Å². The fourth-order valence-corrected chi connectivity index (χ4v) is 3.56. The molecule has 2 aromatic carbocycles. The second-order valence-corrected chi connectivity index (χ2v) is 11.8. The fourth-order valence-electron chi connectivity index (χ4n) is 3.06. The van der Waals surface area contributed by atoms with Gasteiger partial charge in [0.05, 0.1) is 14.2 Å². The molecule has 0 atom stereocenters. The van der Waals surface area contributed by atoms with Gasteiger partial charge in [-0.05, 0) is 29.8 Å². The van der Waals surface area contributed by atoms with Crippen molar-refractivity contribution in [1.29, 1.82) is 0 Å². The van der Waals surface area contributed by atoms with E-state index in [9.17, 15) is 0 Å². The van der Waals surface area contributed by atoms with Crippen LogP contribution in [0.1, 0.15) is 23.1 Å². The van der Waals surface area contributed by atoms with Crippen LogP contribution < -0.4 is 9.47 Å². The van der Waals surface area contributed by atoms with Crippen LogP contribution in [0.4, 0.5) is 0 Å². The number of alkyl halides is 6. The van der Waals surface area contributed by atoms with Crippen LogP contribution in [0.5, 0.6) is 11.5 Å². The number of rotatable bonds is 6. The van der Waals surface area contributed by atoms with Gasteiger partial charge in [-0.2, -0.15) is 0 Å². The molecular formula is C23H15Cl6N5O3. The summed E-state index contributed by atoms with van der Waals surface area (Å²) in [5.74, 6) is 1.62. The highest BCUT2D eigenvalue weighted by Gasteiger charge is 2.34. The summed E-state index contributed by atoms with van der Waals surface area (Å²) in [6, 6.07) is 12.4. The summed E-state index contributed by atoms with van der Waals surface area (Å²) in [5, 5.41) is 8.15. The monoisotopic (exact) mass is 619 g/mol. The van der Waals surface area contributed by atoms with Gasteiger partial charge in [-0.25, -0.2) is 15.0 Å². The average molecular weight is 622 g/mol. The van der Waals surface area contributed by atoms with Crippen LogP contribution in [-0.4, -0.2) is 39.4 Å². The van der Waals surface area contributed by atoms with Crippen molar-refractivity contribution in [3.63, 3.8) is 0 Å². The second-order valence-electron chi connectivity index (χ2n) is 7.27. The zero-order chi connectivity index (χ0) is 26.8. The smallest absolute Gasteiger partial charge is 0.250 e. The first-order valence-electron chi connectivity index (χ1n) is 10.2. The predicted molar refractivity (Wildman–Crippen MR) is 146 cm³/mol. The van der Waals surface area contributed by atoms with E-state index in [1.165, 1.54) is 0 Å². The molecule has 0 aliphatic heterocycles. The number of nitrogens with zero attached hydrogens (tertiary/aromatic N) is 5. The Morgan fingerprint density at radius 1 is 0.703 bits per heavy atom. The largest absolute Gasteiger partial charge is 0.493 e. The number of halogens is 6. The summed E-state index contributed by atoms with van der Waals surface area (Å²) in [7, 11) is 3.11. The van der Waals surface area contributed by atoms with Crippen molar-refractivity contribution in [2.45, 2.75) is 7.59 Å². The van der Waals surface area contributed by atoms with Gasteiger partial charge in [0, 0.05) is 17.2 Å². The van der Waals surface area contributed by atoms with E-state index < -0.39 is 7.59 Å². The summed E-state index contributed by atoms with van der Waals surface area (Å²) < 4.78 is 12.4. The molecule has 192 valence electrons. The van der Waals surface area contributed by atoms with Gasteiger partial charge in [0.15, 0.2) is 29.0 Å². The molecule has 0 unspecified atom stereocenters.